The van der Waals surface area contributed by atoms with Crippen LogP contribution < -0.4 is 5.32 Å². The molecule has 7 nitrogen and oxygen atoms in total. The molecule has 0 saturated carbocycles. The van der Waals surface area contributed by atoms with Gasteiger partial charge in [-0.15, -0.1) is 0 Å². The van der Waals surface area contributed by atoms with Crippen molar-refractivity contribution in [2.45, 2.75) is 0 Å². The Labute approximate surface area is 150 Å². The molecule has 0 amide bonds. The minimum Gasteiger partial charge on any atom is -0.347 e. The van der Waals surface area contributed by atoms with Gasteiger partial charge >= 0.3 is 0 Å². The second-order valence-corrected chi connectivity index (χ2v) is 6.08. The minimum atomic E-state index is -0.509. The van der Waals surface area contributed by atoms with E-state index in [4.69, 9.17) is 4.52 Å². The van der Waals surface area contributed by atoms with Crippen molar-refractivity contribution in [1.82, 2.24) is 5.16 Å². The van der Waals surface area contributed by atoms with E-state index in [1.807, 2.05) is 24.3 Å². The predicted octanol–water partition coefficient (Wildman–Crippen LogP) is 4.31. The maximum Gasteiger partial charge on any atom is 0.269 e. The van der Waals surface area contributed by atoms with Crippen molar-refractivity contribution in [2.75, 3.05) is 11.9 Å². The zero-order valence-electron chi connectivity index (χ0n) is 12.8. The quantitative estimate of drug-likeness (QED) is 0.375. The van der Waals surface area contributed by atoms with Crippen molar-refractivity contribution in [3.05, 3.63) is 74.7 Å². The number of nitro benzene ring substituents is 1. The molecule has 0 saturated heterocycles. The lowest BCUT2D eigenvalue weighted by atomic mass is 10.1. The largest absolute Gasteiger partial charge is 0.347 e. The van der Waals surface area contributed by atoms with Crippen LogP contribution in [0.4, 0.5) is 11.6 Å². The number of anilines is 1. The Morgan fingerprint density at radius 3 is 2.48 bits per heavy atom. The maximum absolute atomic E-state index is 12.1. The third-order valence-corrected chi connectivity index (χ3v) is 4.00. The van der Waals surface area contributed by atoms with Crippen molar-refractivity contribution in [3.8, 4) is 11.3 Å². The van der Waals surface area contributed by atoms with Gasteiger partial charge in [0.1, 0.15) is 5.69 Å². The molecule has 0 aliphatic rings. The summed E-state index contributed by atoms with van der Waals surface area (Å²) in [5, 5.41) is 17.4. The summed E-state index contributed by atoms with van der Waals surface area (Å²) in [4.78, 5) is 22.2. The van der Waals surface area contributed by atoms with Crippen LogP contribution in [0, 0.1) is 10.1 Å². The lowest BCUT2D eigenvalue weighted by Gasteiger charge is -2.01. The monoisotopic (exact) mass is 401 g/mol. The molecule has 1 aromatic heterocycles. The van der Waals surface area contributed by atoms with Crippen LogP contribution in [0.3, 0.4) is 0 Å². The van der Waals surface area contributed by atoms with Gasteiger partial charge in [0.25, 0.3) is 5.69 Å². The van der Waals surface area contributed by atoms with Crippen LogP contribution in [0.15, 0.2) is 63.6 Å². The zero-order chi connectivity index (χ0) is 17.8. The van der Waals surface area contributed by atoms with Gasteiger partial charge in [0.2, 0.25) is 5.88 Å². The van der Waals surface area contributed by atoms with E-state index < -0.39 is 4.92 Å². The first-order chi connectivity index (χ1) is 12.0. The summed E-state index contributed by atoms with van der Waals surface area (Å²) in [6.45, 7) is -0.00716. The molecule has 3 aromatic rings. The smallest absolute Gasteiger partial charge is 0.269 e. The fraction of sp³-hybridized carbons (Fsp3) is 0.0588. The summed E-state index contributed by atoms with van der Waals surface area (Å²) in [7, 11) is 0. The van der Waals surface area contributed by atoms with Crippen molar-refractivity contribution < 1.29 is 14.2 Å². The summed E-state index contributed by atoms with van der Waals surface area (Å²) in [5.74, 6) is 0.157. The highest BCUT2D eigenvalue weighted by Gasteiger charge is 2.11. The Balaban J connectivity index is 1.62. The highest BCUT2D eigenvalue weighted by Crippen LogP contribution is 2.23. The van der Waals surface area contributed by atoms with Gasteiger partial charge in [0, 0.05) is 33.8 Å². The number of Topliss-reactive ketones (excluding diaryl/α,β-unsaturated/α-hetero) is 1. The number of nitro groups is 1. The molecule has 0 bridgehead atoms. The first kappa shape index (κ1) is 16.8. The van der Waals surface area contributed by atoms with Crippen LogP contribution in [0.2, 0.25) is 0 Å². The van der Waals surface area contributed by atoms with E-state index >= 15 is 0 Å². The molecule has 1 N–H and O–H groups in total. The maximum atomic E-state index is 12.1. The Bertz CT molecular complexity index is 904. The van der Waals surface area contributed by atoms with E-state index in [2.05, 4.69) is 26.4 Å². The highest BCUT2D eigenvalue weighted by molar-refractivity contribution is 9.10. The van der Waals surface area contributed by atoms with Crippen LogP contribution in [-0.4, -0.2) is 22.4 Å². The van der Waals surface area contributed by atoms with Gasteiger partial charge < -0.3 is 9.84 Å². The fourth-order valence-electron chi connectivity index (χ4n) is 2.15. The van der Waals surface area contributed by atoms with Crippen LogP contribution in [-0.2, 0) is 0 Å². The van der Waals surface area contributed by atoms with Gasteiger partial charge in [-0.1, -0.05) is 33.2 Å². The Hall–Kier alpha value is -3.00. The van der Waals surface area contributed by atoms with Crippen LogP contribution in [0.5, 0.6) is 0 Å². The summed E-state index contributed by atoms with van der Waals surface area (Å²) in [6, 6.07) is 14.7. The number of nitrogens with zero attached hydrogens (tertiary/aromatic N) is 2. The lowest BCUT2D eigenvalue weighted by Crippen LogP contribution is -2.13. The molecule has 0 aliphatic heterocycles. The number of non-ortho nitro benzene ring substituents is 1. The average molecular weight is 402 g/mol. The van der Waals surface area contributed by atoms with Gasteiger partial charge in [-0.05, 0) is 24.3 Å². The van der Waals surface area contributed by atoms with Crippen LogP contribution >= 0.6 is 15.9 Å². The van der Waals surface area contributed by atoms with Crippen molar-refractivity contribution in [1.29, 1.82) is 0 Å². The Morgan fingerprint density at radius 2 is 1.84 bits per heavy atom. The summed E-state index contributed by atoms with van der Waals surface area (Å²) >= 11 is 3.37. The number of halogens is 1. The van der Waals surface area contributed by atoms with Gasteiger partial charge in [-0.2, -0.15) is 0 Å². The van der Waals surface area contributed by atoms with Crippen molar-refractivity contribution in [3.63, 3.8) is 0 Å². The number of nitrogens with one attached hydrogen (secondary N) is 1. The van der Waals surface area contributed by atoms with Crippen LogP contribution in [0.25, 0.3) is 11.3 Å². The van der Waals surface area contributed by atoms with E-state index in [-0.39, 0.29) is 18.0 Å². The normalized spacial score (nSPS) is 10.4. The minimum absolute atomic E-state index is 0.00716. The number of carbonyl (C=O) groups is 1. The molecule has 126 valence electrons. The third kappa shape index (κ3) is 4.10. The van der Waals surface area contributed by atoms with E-state index in [9.17, 15) is 14.9 Å². The molecule has 8 heteroatoms. The van der Waals surface area contributed by atoms with E-state index in [1.54, 1.807) is 6.07 Å². The molecule has 25 heavy (non-hydrogen) atoms. The number of carbonyl (C=O) groups excluding carboxylic acids is 1. The molecule has 0 spiro atoms. The SMILES string of the molecule is O=C(CNc1cc(-c2ccc(Br)cc2)no1)c1ccc([N+](=O)[O-])cc1. The average Bonchev–Trinajstić information content (AvgIpc) is 3.09. The summed E-state index contributed by atoms with van der Waals surface area (Å²) in [5.41, 5.74) is 1.86. The summed E-state index contributed by atoms with van der Waals surface area (Å²) in [6.07, 6.45) is 0. The Morgan fingerprint density at radius 1 is 1.16 bits per heavy atom. The molecule has 0 unspecified atom stereocenters. The van der Waals surface area contributed by atoms with E-state index in [0.717, 1.165) is 10.0 Å². The second-order valence-electron chi connectivity index (χ2n) is 5.16. The third-order valence-electron chi connectivity index (χ3n) is 3.47. The fourth-order valence-corrected chi connectivity index (χ4v) is 2.42. The molecule has 2 aromatic carbocycles. The standard InChI is InChI=1S/C17H12BrN3O4/c18-13-5-1-11(2-6-13)15-9-17(25-20-15)19-10-16(22)12-3-7-14(8-4-12)21(23)24/h1-9,19H,10H2. The lowest BCUT2D eigenvalue weighted by molar-refractivity contribution is -0.384. The van der Waals surface area contributed by atoms with Gasteiger partial charge in [0.05, 0.1) is 11.5 Å². The van der Waals surface area contributed by atoms with Crippen molar-refractivity contribution >= 4 is 33.3 Å². The first-order valence-electron chi connectivity index (χ1n) is 7.27. The summed E-state index contributed by atoms with van der Waals surface area (Å²) < 4.78 is 6.14. The zero-order valence-corrected chi connectivity index (χ0v) is 14.4. The number of aromatic nitrogens is 1. The molecule has 0 fully saturated rings. The second kappa shape index (κ2) is 7.27. The van der Waals surface area contributed by atoms with Gasteiger partial charge in [-0.25, -0.2) is 0 Å². The molecular weight excluding hydrogens is 390 g/mol. The topological polar surface area (TPSA) is 98.3 Å². The molecule has 1 heterocycles. The van der Waals surface area contributed by atoms with Crippen molar-refractivity contribution in [2.24, 2.45) is 0 Å². The number of ketones is 1. The molecule has 0 radical (unpaired) electrons. The van der Waals surface area contributed by atoms with E-state index in [0.29, 0.717) is 17.1 Å². The van der Waals surface area contributed by atoms with Gasteiger partial charge in [-0.3, -0.25) is 14.9 Å². The number of benzene rings is 2. The van der Waals surface area contributed by atoms with Gasteiger partial charge in [0.15, 0.2) is 5.78 Å². The van der Waals surface area contributed by atoms with E-state index in [1.165, 1.54) is 24.3 Å². The predicted molar refractivity (Wildman–Crippen MR) is 95.6 cm³/mol. The number of hydrogen-bond donors (Lipinski definition) is 1. The molecule has 0 atom stereocenters. The first-order valence-corrected chi connectivity index (χ1v) is 8.06. The Kier molecular flexibility index (Phi) is 4.90. The molecular formula is C17H12BrN3O4. The molecule has 0 aliphatic carbocycles. The molecule has 3 rings (SSSR count). The van der Waals surface area contributed by atoms with Crippen LogP contribution in [0.1, 0.15) is 10.4 Å². The number of rotatable bonds is 6. The number of hydrogen-bond acceptors (Lipinski definition) is 6. The highest BCUT2D eigenvalue weighted by atomic mass is 79.9.